The molecular weight excluding hydrogens is 250 g/mol. The van der Waals surface area contributed by atoms with Gasteiger partial charge in [-0.15, -0.1) is 0 Å². The minimum Gasteiger partial charge on any atom is -0.397 e. The highest BCUT2D eigenvalue weighted by Gasteiger charge is 1.99. The lowest BCUT2D eigenvalue weighted by molar-refractivity contribution is 0.377. The zero-order valence-electron chi connectivity index (χ0n) is 12.2. The monoisotopic (exact) mass is 277 g/mol. The van der Waals surface area contributed by atoms with E-state index in [1.54, 1.807) is 23.6 Å². The van der Waals surface area contributed by atoms with Gasteiger partial charge in [-0.1, -0.05) is 25.7 Å². The van der Waals surface area contributed by atoms with Crippen molar-refractivity contribution in [2.75, 3.05) is 13.1 Å². The summed E-state index contributed by atoms with van der Waals surface area (Å²) < 4.78 is 0. The normalized spacial score (nSPS) is 11.6. The smallest absolute Gasteiger partial charge is 0.0579 e. The molecule has 0 aliphatic carbocycles. The first-order valence-corrected chi connectivity index (χ1v) is 7.33. The molecule has 0 bridgehead atoms. The molecule has 0 aliphatic rings. The first-order chi connectivity index (χ1) is 9.74. The summed E-state index contributed by atoms with van der Waals surface area (Å²) in [6.07, 6.45) is 12.4. The van der Waals surface area contributed by atoms with Crippen LogP contribution in [0.15, 0.2) is 30.7 Å². The molecule has 0 atom stereocenters. The number of rotatable bonds is 10. The van der Waals surface area contributed by atoms with E-state index in [1.807, 2.05) is 12.1 Å². The van der Waals surface area contributed by atoms with Gasteiger partial charge in [-0.3, -0.25) is 4.98 Å². The minimum absolute atomic E-state index is 0.642. The Bertz CT molecular complexity index is 377. The van der Waals surface area contributed by atoms with Crippen LogP contribution in [0.4, 0.5) is 0 Å². The molecule has 6 N–H and O–H groups in total. The van der Waals surface area contributed by atoms with Crippen LogP contribution in [0.5, 0.6) is 0 Å². The third-order valence-electron chi connectivity index (χ3n) is 3.17. The van der Waals surface area contributed by atoms with Gasteiger partial charge in [0, 0.05) is 30.7 Å². The van der Waals surface area contributed by atoms with E-state index >= 15 is 0 Å². The highest BCUT2D eigenvalue weighted by Crippen LogP contribution is 2.08. The number of hydrogen-bond donors (Lipinski definition) is 3. The standard InChI is InChI=1S/C15H27N5/c16-9-5-3-1-2-4-6-11-20(18)13-15(17)14-8-7-10-19-12-14/h7-8,10,12-13H,1-6,9,11,16-18H2/b15-13-. The molecule has 0 unspecified atom stereocenters. The number of unbranched alkanes of at least 4 members (excludes halogenated alkanes) is 5. The van der Waals surface area contributed by atoms with Crippen molar-refractivity contribution in [1.29, 1.82) is 0 Å². The van der Waals surface area contributed by atoms with E-state index in [4.69, 9.17) is 17.3 Å². The van der Waals surface area contributed by atoms with Crippen molar-refractivity contribution in [2.45, 2.75) is 38.5 Å². The van der Waals surface area contributed by atoms with Crippen molar-refractivity contribution < 1.29 is 0 Å². The lowest BCUT2D eigenvalue weighted by Crippen LogP contribution is -2.27. The molecule has 0 saturated heterocycles. The van der Waals surface area contributed by atoms with Gasteiger partial charge in [0.15, 0.2) is 0 Å². The van der Waals surface area contributed by atoms with Crippen molar-refractivity contribution in [2.24, 2.45) is 17.3 Å². The molecule has 1 aromatic rings. The Morgan fingerprint density at radius 2 is 1.85 bits per heavy atom. The van der Waals surface area contributed by atoms with Crippen molar-refractivity contribution in [3.8, 4) is 0 Å². The quantitative estimate of drug-likeness (QED) is 0.344. The second-order valence-electron chi connectivity index (χ2n) is 4.97. The molecule has 0 amide bonds. The fraction of sp³-hybridized carbons (Fsp3) is 0.533. The van der Waals surface area contributed by atoms with Crippen molar-refractivity contribution in [1.82, 2.24) is 9.99 Å². The predicted molar refractivity (Wildman–Crippen MR) is 84.1 cm³/mol. The van der Waals surface area contributed by atoms with Gasteiger partial charge in [-0.25, -0.2) is 5.84 Å². The van der Waals surface area contributed by atoms with Crippen LogP contribution in [0.25, 0.3) is 5.70 Å². The van der Waals surface area contributed by atoms with Crippen molar-refractivity contribution in [3.05, 3.63) is 36.3 Å². The van der Waals surface area contributed by atoms with Gasteiger partial charge in [0.2, 0.25) is 0 Å². The van der Waals surface area contributed by atoms with E-state index in [9.17, 15) is 0 Å². The Morgan fingerprint density at radius 3 is 2.50 bits per heavy atom. The molecular formula is C15H27N5. The summed E-state index contributed by atoms with van der Waals surface area (Å²) in [7, 11) is 0. The van der Waals surface area contributed by atoms with Crippen LogP contribution in [0.2, 0.25) is 0 Å². The number of nitrogens with zero attached hydrogens (tertiary/aromatic N) is 2. The summed E-state index contributed by atoms with van der Waals surface area (Å²) >= 11 is 0. The third kappa shape index (κ3) is 7.11. The van der Waals surface area contributed by atoms with Crippen LogP contribution in [-0.4, -0.2) is 23.1 Å². The zero-order chi connectivity index (χ0) is 14.6. The third-order valence-corrected chi connectivity index (χ3v) is 3.17. The summed E-state index contributed by atoms with van der Waals surface area (Å²) in [5, 5.41) is 1.65. The number of pyridine rings is 1. The summed E-state index contributed by atoms with van der Waals surface area (Å²) in [5.41, 5.74) is 13.0. The maximum atomic E-state index is 5.97. The second kappa shape index (κ2) is 10.2. The van der Waals surface area contributed by atoms with Crippen LogP contribution in [0.3, 0.4) is 0 Å². The number of hydrogen-bond acceptors (Lipinski definition) is 5. The highest BCUT2D eigenvalue weighted by molar-refractivity contribution is 5.60. The zero-order valence-corrected chi connectivity index (χ0v) is 12.2. The Labute approximate surface area is 121 Å². The molecule has 0 saturated carbocycles. The van der Waals surface area contributed by atoms with Crippen LogP contribution in [0.1, 0.15) is 44.1 Å². The van der Waals surface area contributed by atoms with Gasteiger partial charge in [0.25, 0.3) is 0 Å². The molecule has 20 heavy (non-hydrogen) atoms. The molecule has 5 nitrogen and oxygen atoms in total. The molecule has 112 valence electrons. The largest absolute Gasteiger partial charge is 0.397 e. The molecule has 0 fully saturated rings. The fourth-order valence-corrected chi connectivity index (χ4v) is 2.00. The SMILES string of the molecule is NCCCCCCCCN(N)/C=C(\N)c1cccnc1. The maximum absolute atomic E-state index is 5.97. The van der Waals surface area contributed by atoms with E-state index in [2.05, 4.69) is 4.98 Å². The number of hydrazine groups is 1. The van der Waals surface area contributed by atoms with Gasteiger partial charge >= 0.3 is 0 Å². The molecule has 1 rings (SSSR count). The first-order valence-electron chi connectivity index (χ1n) is 7.33. The average molecular weight is 277 g/mol. The maximum Gasteiger partial charge on any atom is 0.0579 e. The van der Waals surface area contributed by atoms with E-state index in [0.717, 1.165) is 31.5 Å². The number of aromatic nitrogens is 1. The number of nitrogens with two attached hydrogens (primary N) is 3. The Morgan fingerprint density at radius 1 is 1.15 bits per heavy atom. The summed E-state index contributed by atoms with van der Waals surface area (Å²) in [4.78, 5) is 4.03. The van der Waals surface area contributed by atoms with E-state index in [1.165, 1.54) is 25.7 Å². The van der Waals surface area contributed by atoms with Gasteiger partial charge in [-0.2, -0.15) is 0 Å². The first kappa shape index (κ1) is 16.5. The van der Waals surface area contributed by atoms with Crippen molar-refractivity contribution >= 4 is 5.70 Å². The molecule has 5 heteroatoms. The molecule has 1 heterocycles. The predicted octanol–water partition coefficient (Wildman–Crippen LogP) is 1.81. The molecule has 0 radical (unpaired) electrons. The second-order valence-corrected chi connectivity index (χ2v) is 4.97. The molecule has 0 aliphatic heterocycles. The van der Waals surface area contributed by atoms with E-state index in [0.29, 0.717) is 5.70 Å². The Hall–Kier alpha value is -1.59. The summed E-state index contributed by atoms with van der Waals surface area (Å²) in [5.74, 6) is 5.91. The molecule has 0 aromatic carbocycles. The van der Waals surface area contributed by atoms with Crippen LogP contribution in [-0.2, 0) is 0 Å². The van der Waals surface area contributed by atoms with Crippen LogP contribution >= 0.6 is 0 Å². The molecule has 0 spiro atoms. The topological polar surface area (TPSA) is 94.2 Å². The van der Waals surface area contributed by atoms with Gasteiger partial charge in [0.05, 0.1) is 5.70 Å². The lowest BCUT2D eigenvalue weighted by Gasteiger charge is -2.14. The van der Waals surface area contributed by atoms with Gasteiger partial charge < -0.3 is 16.5 Å². The van der Waals surface area contributed by atoms with E-state index < -0.39 is 0 Å². The van der Waals surface area contributed by atoms with Crippen molar-refractivity contribution in [3.63, 3.8) is 0 Å². The van der Waals surface area contributed by atoms with E-state index in [-0.39, 0.29) is 0 Å². The van der Waals surface area contributed by atoms with Gasteiger partial charge in [0.1, 0.15) is 0 Å². The Balaban J connectivity index is 2.18. The lowest BCUT2D eigenvalue weighted by atomic mass is 10.1. The van der Waals surface area contributed by atoms with Crippen LogP contribution in [0, 0.1) is 0 Å². The Kier molecular flexibility index (Phi) is 8.42. The van der Waals surface area contributed by atoms with Gasteiger partial charge in [-0.05, 0) is 31.5 Å². The summed E-state index contributed by atoms with van der Waals surface area (Å²) in [6, 6.07) is 3.78. The van der Waals surface area contributed by atoms with Crippen LogP contribution < -0.4 is 17.3 Å². The average Bonchev–Trinajstić information content (AvgIpc) is 2.47. The summed E-state index contributed by atoms with van der Waals surface area (Å²) in [6.45, 7) is 1.62. The fourth-order valence-electron chi connectivity index (χ4n) is 2.00. The minimum atomic E-state index is 0.642. The molecule has 1 aromatic heterocycles. The highest BCUT2D eigenvalue weighted by atomic mass is 15.4.